The summed E-state index contributed by atoms with van der Waals surface area (Å²) in [6.45, 7) is 7.01. The maximum absolute atomic E-state index is 12.9. The number of primary amides is 1. The van der Waals surface area contributed by atoms with Crippen LogP contribution in [0.15, 0.2) is 60.8 Å². The molecule has 0 aliphatic carbocycles. The highest BCUT2D eigenvalue weighted by molar-refractivity contribution is 6.23. The minimum atomic E-state index is -0.885. The van der Waals surface area contributed by atoms with Gasteiger partial charge in [-0.2, -0.15) is 0 Å². The van der Waals surface area contributed by atoms with E-state index in [0.717, 1.165) is 38.3 Å². The number of anilines is 2. The quantitative estimate of drug-likeness (QED) is 0.0330. The molecule has 55 heavy (non-hydrogen) atoms. The molecular weight excluding hydrogens is 743 g/mol. The molecule has 0 saturated carbocycles. The number of amidine groups is 1. The van der Waals surface area contributed by atoms with Crippen LogP contribution in [-0.4, -0.2) is 98.7 Å². The fourth-order valence-electron chi connectivity index (χ4n) is 6.67. The van der Waals surface area contributed by atoms with Gasteiger partial charge in [0.15, 0.2) is 0 Å². The molecule has 2 aromatic heterocycles. The lowest BCUT2D eigenvalue weighted by Crippen LogP contribution is -2.41. The predicted octanol–water partition coefficient (Wildman–Crippen LogP) is 6.76. The summed E-state index contributed by atoms with van der Waals surface area (Å²) < 4.78 is 9.99. The highest BCUT2D eigenvalue weighted by Gasteiger charge is 2.24. The van der Waals surface area contributed by atoms with Crippen molar-refractivity contribution < 1.29 is 24.5 Å². The Morgan fingerprint density at radius 2 is 1.65 bits per heavy atom. The van der Waals surface area contributed by atoms with Gasteiger partial charge in [-0.25, -0.2) is 14.7 Å². The Morgan fingerprint density at radius 1 is 0.945 bits per heavy atom. The molecule has 15 heteroatoms. The average molecular weight is 794 g/mol. The molecule has 0 unspecified atom stereocenters. The van der Waals surface area contributed by atoms with Crippen LogP contribution in [0.25, 0.3) is 21.9 Å². The van der Waals surface area contributed by atoms with Crippen molar-refractivity contribution in [3.63, 3.8) is 0 Å². The van der Waals surface area contributed by atoms with E-state index in [1.54, 1.807) is 24.1 Å². The molecule has 5 rings (SSSR count). The number of rotatable bonds is 18. The number of ether oxygens (including phenoxy) is 1. The number of carbonyl (C=O) groups is 2. The average Bonchev–Trinajstić information content (AvgIpc) is 3.69. The molecule has 5 aromatic rings. The van der Waals surface area contributed by atoms with Crippen molar-refractivity contribution in [2.24, 2.45) is 12.8 Å². The fraction of sp³-hybridized carbons (Fsp3) is 0.400. The van der Waals surface area contributed by atoms with E-state index < -0.39 is 6.03 Å². The third-order valence-corrected chi connectivity index (χ3v) is 10.1. The second-order valence-electron chi connectivity index (χ2n) is 13.8. The number of alkyl halides is 2. The van der Waals surface area contributed by atoms with Crippen molar-refractivity contribution >= 4 is 74.3 Å². The predicted molar refractivity (Wildman–Crippen MR) is 220 cm³/mol. The van der Waals surface area contributed by atoms with E-state index in [0.29, 0.717) is 81.7 Å². The van der Waals surface area contributed by atoms with Crippen LogP contribution in [0, 0.1) is 5.41 Å². The molecule has 0 spiro atoms. The number of hydrogen-bond acceptors (Lipinski definition) is 8. The summed E-state index contributed by atoms with van der Waals surface area (Å²) in [6.07, 6.45) is 3.68. The van der Waals surface area contributed by atoms with Crippen LogP contribution in [0.2, 0.25) is 0 Å². The molecule has 2 heterocycles. The number of phenolic OH excluding ortho intramolecular Hbond substituents is 2. The molecular formula is C40H50Cl2N8O5. The normalized spacial score (nSPS) is 11.5. The maximum Gasteiger partial charge on any atom is 0.325 e. The Hall–Kier alpha value is -4.98. The number of aryl methyl sites for hydroxylation is 2. The number of likely N-dealkylation sites (N-methyl/N-ethyl adjacent to an activating group) is 1. The van der Waals surface area contributed by atoms with Crippen LogP contribution in [-0.2, 0) is 29.5 Å². The minimum Gasteiger partial charge on any atom is -0.508 e. The van der Waals surface area contributed by atoms with Gasteiger partial charge >= 0.3 is 6.03 Å². The van der Waals surface area contributed by atoms with Crippen molar-refractivity contribution in [3.05, 3.63) is 77.7 Å². The second-order valence-corrected chi connectivity index (χ2v) is 14.5. The molecule has 0 saturated heterocycles. The number of urea groups is 1. The van der Waals surface area contributed by atoms with E-state index in [9.17, 15) is 19.8 Å². The van der Waals surface area contributed by atoms with E-state index in [4.69, 9.17) is 44.1 Å². The minimum absolute atomic E-state index is 0.0497. The molecule has 13 nitrogen and oxygen atoms in total. The number of aromatic nitrogens is 3. The lowest BCUT2D eigenvalue weighted by Gasteiger charge is -2.23. The van der Waals surface area contributed by atoms with Gasteiger partial charge in [0.2, 0.25) is 5.91 Å². The molecule has 0 bridgehead atoms. The number of hydrogen-bond donors (Lipinski definition) is 4. The number of phenols is 2. The van der Waals surface area contributed by atoms with Crippen LogP contribution in [0.4, 0.5) is 16.2 Å². The maximum atomic E-state index is 12.9. The standard InChI is InChI=1S/C40H50Cl2N8O5/c1-26(2)30-24-31(36(52)25-35(30)51)39(43)50(40(44)54)29-9-10-33-27(22-29)12-15-49(33)19-21-55-20-18-46(3)38(53)7-5-6-37-45-32-23-28(8-11-34(32)47(37)4)48(16-13-41)17-14-42/h8-12,15,22-26,43,51-52H,5-7,13-14,16-21H2,1-4H3,(H2,44,54). The third-order valence-electron chi connectivity index (χ3n) is 9.77. The highest BCUT2D eigenvalue weighted by atomic mass is 35.5. The van der Waals surface area contributed by atoms with Crippen LogP contribution in [0.3, 0.4) is 0 Å². The van der Waals surface area contributed by atoms with Gasteiger partial charge in [0, 0.05) is 93.7 Å². The first-order valence-electron chi connectivity index (χ1n) is 18.3. The summed E-state index contributed by atoms with van der Waals surface area (Å²) >= 11 is 12.0. The van der Waals surface area contributed by atoms with Crippen molar-refractivity contribution in [1.82, 2.24) is 19.0 Å². The van der Waals surface area contributed by atoms with Crippen LogP contribution < -0.4 is 15.5 Å². The molecule has 3 amide bonds. The first-order valence-corrected chi connectivity index (χ1v) is 19.4. The van der Waals surface area contributed by atoms with E-state index in [1.165, 1.54) is 12.1 Å². The molecule has 0 aliphatic heterocycles. The molecule has 3 aromatic carbocycles. The number of nitrogens with zero attached hydrogens (tertiary/aromatic N) is 6. The van der Waals surface area contributed by atoms with E-state index in [2.05, 4.69) is 27.7 Å². The van der Waals surface area contributed by atoms with Gasteiger partial charge < -0.3 is 39.6 Å². The van der Waals surface area contributed by atoms with Crippen molar-refractivity contribution in [1.29, 1.82) is 5.41 Å². The molecule has 0 fully saturated rings. The number of fused-ring (bicyclic) bond motifs is 2. The second kappa shape index (κ2) is 18.6. The monoisotopic (exact) mass is 792 g/mol. The zero-order valence-corrected chi connectivity index (χ0v) is 33.3. The molecule has 0 atom stereocenters. The van der Waals surface area contributed by atoms with Crippen LogP contribution in [0.5, 0.6) is 11.5 Å². The van der Waals surface area contributed by atoms with Gasteiger partial charge in [-0.05, 0) is 66.4 Å². The summed E-state index contributed by atoms with van der Waals surface area (Å²) in [4.78, 5) is 35.2. The number of nitrogens with one attached hydrogen (secondary N) is 1. The third kappa shape index (κ3) is 9.64. The number of aromatic hydroxyl groups is 2. The zero-order chi connectivity index (χ0) is 39.8. The number of imidazole rings is 1. The summed E-state index contributed by atoms with van der Waals surface area (Å²) in [6, 6.07) is 15.2. The van der Waals surface area contributed by atoms with Crippen molar-refractivity contribution in [2.75, 3.05) is 61.5 Å². The summed E-state index contributed by atoms with van der Waals surface area (Å²) in [5, 5.41) is 30.3. The van der Waals surface area contributed by atoms with Gasteiger partial charge in [0.25, 0.3) is 0 Å². The number of benzene rings is 3. The van der Waals surface area contributed by atoms with Gasteiger partial charge in [-0.15, -0.1) is 23.2 Å². The fourth-order valence-corrected chi connectivity index (χ4v) is 7.07. The Morgan fingerprint density at radius 3 is 2.35 bits per heavy atom. The van der Waals surface area contributed by atoms with Gasteiger partial charge in [-0.1, -0.05) is 13.8 Å². The SMILES string of the molecule is CC(C)c1cc(C(=N)N(C(N)=O)c2ccc3c(ccn3CCOCCN(C)C(=O)CCCc3nc4cc(N(CCCl)CCCl)ccc4n3C)c2)c(O)cc1O. The Bertz CT molecular complexity index is 2140. The van der Waals surface area contributed by atoms with Gasteiger partial charge in [0.1, 0.15) is 23.2 Å². The summed E-state index contributed by atoms with van der Waals surface area (Å²) in [5.74, 6) is 1.19. The van der Waals surface area contributed by atoms with Crippen LogP contribution >= 0.6 is 23.2 Å². The van der Waals surface area contributed by atoms with Gasteiger partial charge in [-0.3, -0.25) is 10.2 Å². The van der Waals surface area contributed by atoms with E-state index >= 15 is 0 Å². The number of nitrogens with two attached hydrogens (primary N) is 1. The molecule has 0 radical (unpaired) electrons. The first-order chi connectivity index (χ1) is 26.3. The molecule has 0 aliphatic rings. The first kappa shape index (κ1) is 41.2. The van der Waals surface area contributed by atoms with Crippen LogP contribution in [0.1, 0.15) is 49.6 Å². The van der Waals surface area contributed by atoms with Crippen molar-refractivity contribution in [3.8, 4) is 11.5 Å². The Balaban J connectivity index is 1.09. The lowest BCUT2D eigenvalue weighted by atomic mass is 9.98. The smallest absolute Gasteiger partial charge is 0.325 e. The van der Waals surface area contributed by atoms with E-state index in [-0.39, 0.29) is 34.7 Å². The topological polar surface area (TPSA) is 166 Å². The van der Waals surface area contributed by atoms with Crippen molar-refractivity contribution in [2.45, 2.75) is 45.6 Å². The zero-order valence-electron chi connectivity index (χ0n) is 31.8. The number of carbonyl (C=O) groups excluding carboxylic acids is 2. The Labute approximate surface area is 331 Å². The van der Waals surface area contributed by atoms with Gasteiger partial charge in [0.05, 0.1) is 35.5 Å². The summed E-state index contributed by atoms with van der Waals surface area (Å²) in [7, 11) is 3.78. The van der Waals surface area contributed by atoms with E-state index in [1.807, 2.05) is 43.8 Å². The number of amides is 3. The highest BCUT2D eigenvalue weighted by Crippen LogP contribution is 2.34. The summed E-state index contributed by atoms with van der Waals surface area (Å²) in [5.41, 5.74) is 10.6. The molecule has 5 N–H and O–H groups in total. The number of halogens is 2. The lowest BCUT2D eigenvalue weighted by molar-refractivity contribution is -0.130. The largest absolute Gasteiger partial charge is 0.508 e. The Kier molecular flexibility index (Phi) is 13.9. The molecule has 294 valence electrons.